The summed E-state index contributed by atoms with van der Waals surface area (Å²) in [5.41, 5.74) is 1.99. The summed E-state index contributed by atoms with van der Waals surface area (Å²) in [7, 11) is 3.26. The van der Waals surface area contributed by atoms with Crippen molar-refractivity contribution >= 4 is 29.9 Å². The third kappa shape index (κ3) is 7.84. The molecule has 2 N–H and O–H groups in total. The van der Waals surface area contributed by atoms with Crippen LogP contribution in [0.25, 0.3) is 0 Å². The molecule has 0 radical (unpaired) electrons. The van der Waals surface area contributed by atoms with Crippen molar-refractivity contribution in [3.8, 4) is 5.75 Å². The number of hydrogen-bond donors (Lipinski definition) is 2. The van der Waals surface area contributed by atoms with Crippen LogP contribution < -0.4 is 15.4 Å². The van der Waals surface area contributed by atoms with Gasteiger partial charge in [0.2, 0.25) is 0 Å². The quantitative estimate of drug-likeness (QED) is 0.258. The molecular weight excluding hydrogens is 536 g/mol. The number of benzene rings is 1. The summed E-state index contributed by atoms with van der Waals surface area (Å²) in [5, 5.41) is 11.1. The van der Waals surface area contributed by atoms with E-state index in [1.54, 1.807) is 19.2 Å². The van der Waals surface area contributed by atoms with E-state index in [0.29, 0.717) is 18.5 Å². The van der Waals surface area contributed by atoms with Gasteiger partial charge in [-0.05, 0) is 43.4 Å². The van der Waals surface area contributed by atoms with Crippen molar-refractivity contribution in [3.05, 3.63) is 47.1 Å². The van der Waals surface area contributed by atoms with E-state index in [2.05, 4.69) is 39.5 Å². The van der Waals surface area contributed by atoms with Gasteiger partial charge >= 0.3 is 0 Å². The van der Waals surface area contributed by atoms with Crippen molar-refractivity contribution in [2.75, 3.05) is 27.2 Å². The van der Waals surface area contributed by atoms with Crippen molar-refractivity contribution in [1.82, 2.24) is 20.7 Å². The minimum Gasteiger partial charge on any atom is -0.494 e. The van der Waals surface area contributed by atoms with Crippen LogP contribution in [0, 0.1) is 5.82 Å². The average molecular weight is 573 g/mol. The Morgan fingerprint density at radius 2 is 2.00 bits per heavy atom. The highest BCUT2D eigenvalue weighted by atomic mass is 127. The van der Waals surface area contributed by atoms with Crippen molar-refractivity contribution in [3.63, 3.8) is 0 Å². The highest BCUT2D eigenvalue weighted by molar-refractivity contribution is 14.0. The molecule has 1 saturated heterocycles. The number of nitrogens with zero attached hydrogens (tertiary/aromatic N) is 3. The fourth-order valence-corrected chi connectivity index (χ4v) is 4.17. The van der Waals surface area contributed by atoms with Crippen LogP contribution in [-0.4, -0.2) is 49.3 Å². The lowest BCUT2D eigenvalue weighted by Crippen LogP contribution is -2.48. The van der Waals surface area contributed by atoms with Gasteiger partial charge in [0.05, 0.1) is 19.3 Å². The Morgan fingerprint density at radius 1 is 1.27 bits per heavy atom. The third-order valence-electron chi connectivity index (χ3n) is 6.19. The fraction of sp³-hybridized carbons (Fsp3) is 0.583. The lowest BCUT2D eigenvalue weighted by Gasteiger charge is -2.33. The van der Waals surface area contributed by atoms with Crippen LogP contribution in [0.2, 0.25) is 0 Å². The first-order chi connectivity index (χ1) is 15.6. The minimum absolute atomic E-state index is 0. The van der Waals surface area contributed by atoms with Gasteiger partial charge in [0, 0.05) is 44.7 Å². The van der Waals surface area contributed by atoms with E-state index >= 15 is 0 Å². The maximum absolute atomic E-state index is 13.9. The maximum atomic E-state index is 13.9. The predicted octanol–water partition coefficient (Wildman–Crippen LogP) is 4.67. The molecule has 0 atom stereocenters. The molecule has 1 aromatic carbocycles. The number of nitrogens with one attached hydrogen (secondary N) is 2. The van der Waals surface area contributed by atoms with Crippen LogP contribution in [0.15, 0.2) is 33.8 Å². The summed E-state index contributed by atoms with van der Waals surface area (Å²) in [6.07, 6.45) is 4.12. The van der Waals surface area contributed by atoms with E-state index in [0.717, 1.165) is 68.3 Å². The third-order valence-corrected chi connectivity index (χ3v) is 6.19. The van der Waals surface area contributed by atoms with Crippen molar-refractivity contribution in [2.45, 2.75) is 64.6 Å². The minimum atomic E-state index is -0.310. The molecule has 7 nitrogen and oxygen atoms in total. The van der Waals surface area contributed by atoms with Gasteiger partial charge in [-0.3, -0.25) is 9.89 Å². The molecule has 0 spiro atoms. The zero-order valence-corrected chi connectivity index (χ0v) is 22.4. The number of likely N-dealkylation sites (tertiary alicyclic amines) is 1. The number of hydrogen-bond acceptors (Lipinski definition) is 5. The normalized spacial score (nSPS) is 15.4. The molecular formula is C24H37FIN5O2. The summed E-state index contributed by atoms with van der Waals surface area (Å²) >= 11 is 0. The van der Waals surface area contributed by atoms with Gasteiger partial charge < -0.3 is 19.9 Å². The van der Waals surface area contributed by atoms with Gasteiger partial charge in [-0.1, -0.05) is 25.1 Å². The smallest absolute Gasteiger partial charge is 0.191 e. The summed E-state index contributed by atoms with van der Waals surface area (Å²) < 4.78 is 24.4. The van der Waals surface area contributed by atoms with E-state index in [4.69, 9.17) is 9.26 Å². The molecule has 1 aliphatic rings. The second-order valence-electron chi connectivity index (χ2n) is 8.32. The van der Waals surface area contributed by atoms with Crippen LogP contribution in [0.1, 0.15) is 62.5 Å². The van der Waals surface area contributed by atoms with Crippen LogP contribution in [0.3, 0.4) is 0 Å². The molecule has 33 heavy (non-hydrogen) atoms. The Balaban J connectivity index is 0.00000385. The standard InChI is InChI=1S/C24H36FN5O2.HI/c1-5-18(6-2)22-14-20(32-29-22)15-27-24(26-3)28-19-9-11-30(12-10-19)16-17-7-8-23(31-4)21(25)13-17;/h7-8,13-14,18-19H,5-6,9-12,15-16H2,1-4H3,(H2,26,27,28);1H. The lowest BCUT2D eigenvalue weighted by molar-refractivity contribution is 0.198. The largest absolute Gasteiger partial charge is 0.494 e. The number of guanidine groups is 1. The van der Waals surface area contributed by atoms with Gasteiger partial charge in [0.1, 0.15) is 0 Å². The molecule has 184 valence electrons. The van der Waals surface area contributed by atoms with Gasteiger partial charge in [-0.2, -0.15) is 0 Å². The highest BCUT2D eigenvalue weighted by Gasteiger charge is 2.21. The summed E-state index contributed by atoms with van der Waals surface area (Å²) in [6, 6.07) is 7.57. The first kappa shape index (κ1) is 27.4. The molecule has 2 heterocycles. The van der Waals surface area contributed by atoms with Gasteiger partial charge in [-0.25, -0.2) is 4.39 Å². The van der Waals surface area contributed by atoms with Gasteiger partial charge in [0.25, 0.3) is 0 Å². The number of methoxy groups -OCH3 is 1. The van der Waals surface area contributed by atoms with E-state index in [1.807, 2.05) is 12.1 Å². The number of rotatable bonds is 9. The van der Waals surface area contributed by atoms with Crippen LogP contribution in [0.5, 0.6) is 5.75 Å². The SMILES string of the molecule is CCC(CC)c1cc(CNC(=NC)NC2CCN(Cc3ccc(OC)c(F)c3)CC2)on1.I. The Morgan fingerprint density at radius 3 is 2.61 bits per heavy atom. The summed E-state index contributed by atoms with van der Waals surface area (Å²) in [6.45, 7) is 7.53. The molecule has 1 aliphatic heterocycles. The van der Waals surface area contributed by atoms with E-state index in [-0.39, 0.29) is 35.5 Å². The first-order valence-electron chi connectivity index (χ1n) is 11.5. The van der Waals surface area contributed by atoms with Crippen LogP contribution in [0.4, 0.5) is 4.39 Å². The molecule has 0 unspecified atom stereocenters. The molecule has 0 bridgehead atoms. The topological polar surface area (TPSA) is 74.9 Å². The molecule has 0 saturated carbocycles. The van der Waals surface area contributed by atoms with Crippen molar-refractivity contribution < 1.29 is 13.7 Å². The fourth-order valence-electron chi connectivity index (χ4n) is 4.17. The molecule has 1 aromatic heterocycles. The zero-order chi connectivity index (χ0) is 22.9. The molecule has 0 amide bonds. The van der Waals surface area contributed by atoms with Crippen LogP contribution >= 0.6 is 24.0 Å². The number of aromatic nitrogens is 1. The highest BCUT2D eigenvalue weighted by Crippen LogP contribution is 2.22. The van der Waals surface area contributed by atoms with Crippen molar-refractivity contribution in [2.24, 2.45) is 4.99 Å². The molecule has 3 rings (SSSR count). The zero-order valence-electron chi connectivity index (χ0n) is 20.1. The molecule has 9 heteroatoms. The first-order valence-corrected chi connectivity index (χ1v) is 11.5. The second kappa shape index (κ2) is 13.7. The summed E-state index contributed by atoms with van der Waals surface area (Å²) in [5.74, 6) is 2.00. The number of piperidine rings is 1. The molecule has 1 fully saturated rings. The Hall–Kier alpha value is -1.88. The van der Waals surface area contributed by atoms with Gasteiger partial charge in [-0.15, -0.1) is 24.0 Å². The number of ether oxygens (including phenoxy) is 1. The predicted molar refractivity (Wildman–Crippen MR) is 140 cm³/mol. The molecule has 0 aliphatic carbocycles. The summed E-state index contributed by atoms with van der Waals surface area (Å²) in [4.78, 5) is 6.70. The van der Waals surface area contributed by atoms with Gasteiger partial charge in [0.15, 0.2) is 23.3 Å². The lowest BCUT2D eigenvalue weighted by atomic mass is 9.99. The van der Waals surface area contributed by atoms with Crippen molar-refractivity contribution in [1.29, 1.82) is 0 Å². The Labute approximate surface area is 213 Å². The Kier molecular flexibility index (Phi) is 11.4. The average Bonchev–Trinajstić information content (AvgIpc) is 3.27. The second-order valence-corrected chi connectivity index (χ2v) is 8.32. The van der Waals surface area contributed by atoms with E-state index in [1.165, 1.54) is 7.11 Å². The monoisotopic (exact) mass is 573 g/mol. The Bertz CT molecular complexity index is 879. The van der Waals surface area contributed by atoms with Crippen LogP contribution in [-0.2, 0) is 13.1 Å². The maximum Gasteiger partial charge on any atom is 0.191 e. The number of aliphatic imine (C=N–C) groups is 1. The number of halogens is 2. The van der Waals surface area contributed by atoms with E-state index < -0.39 is 0 Å². The van der Waals surface area contributed by atoms with E-state index in [9.17, 15) is 4.39 Å². The molecule has 2 aromatic rings.